The highest BCUT2D eigenvalue weighted by atomic mass is 32.1. The zero-order valence-electron chi connectivity index (χ0n) is 10.2. The summed E-state index contributed by atoms with van der Waals surface area (Å²) < 4.78 is 0. The van der Waals surface area contributed by atoms with Gasteiger partial charge >= 0.3 is 5.97 Å². The van der Waals surface area contributed by atoms with Crippen molar-refractivity contribution in [1.82, 2.24) is 10.3 Å². The largest absolute Gasteiger partial charge is 0.477 e. The summed E-state index contributed by atoms with van der Waals surface area (Å²) >= 11 is 1.33. The van der Waals surface area contributed by atoms with E-state index in [9.17, 15) is 4.79 Å². The lowest BCUT2D eigenvalue weighted by Crippen LogP contribution is -2.23. The number of carboxylic acid groups (broad SMARTS) is 1. The van der Waals surface area contributed by atoms with Gasteiger partial charge in [0.15, 0.2) is 0 Å². The Morgan fingerprint density at radius 1 is 1.65 bits per heavy atom. The molecular weight excluding hydrogens is 236 g/mol. The Labute approximate surface area is 105 Å². The van der Waals surface area contributed by atoms with E-state index in [0.29, 0.717) is 10.9 Å². The van der Waals surface area contributed by atoms with Crippen LogP contribution in [0.4, 0.5) is 0 Å². The van der Waals surface area contributed by atoms with Crippen molar-refractivity contribution in [3.8, 4) is 0 Å². The number of rotatable bonds is 4. The first-order valence-corrected chi connectivity index (χ1v) is 6.86. The molecule has 0 radical (unpaired) electrons. The van der Waals surface area contributed by atoms with Crippen LogP contribution in [0.1, 0.15) is 53.0 Å². The van der Waals surface area contributed by atoms with Gasteiger partial charge < -0.3 is 10.4 Å². The highest BCUT2D eigenvalue weighted by Crippen LogP contribution is 2.26. The zero-order valence-corrected chi connectivity index (χ0v) is 11.0. The summed E-state index contributed by atoms with van der Waals surface area (Å²) in [7, 11) is 0. The third-order valence-electron chi connectivity index (χ3n) is 3.02. The lowest BCUT2D eigenvalue weighted by molar-refractivity contribution is 0.0700. The smallest absolute Gasteiger partial charge is 0.347 e. The highest BCUT2D eigenvalue weighted by Gasteiger charge is 2.22. The minimum atomic E-state index is -0.850. The van der Waals surface area contributed by atoms with Crippen molar-refractivity contribution in [1.29, 1.82) is 0 Å². The molecule has 2 N–H and O–H groups in total. The van der Waals surface area contributed by atoms with Crippen molar-refractivity contribution in [3.05, 3.63) is 15.6 Å². The molecule has 0 spiro atoms. The van der Waals surface area contributed by atoms with Crippen molar-refractivity contribution >= 4 is 17.3 Å². The van der Waals surface area contributed by atoms with Crippen LogP contribution < -0.4 is 5.32 Å². The summed E-state index contributed by atoms with van der Waals surface area (Å²) in [5.74, 6) is -0.681. The maximum absolute atomic E-state index is 11.1. The summed E-state index contributed by atoms with van der Waals surface area (Å²) in [6.45, 7) is 5.04. The average Bonchev–Trinajstić information content (AvgIpc) is 2.86. The van der Waals surface area contributed by atoms with Crippen LogP contribution in [0.5, 0.6) is 0 Å². The van der Waals surface area contributed by atoms with Crippen LogP contribution in [-0.4, -0.2) is 28.6 Å². The minimum Gasteiger partial charge on any atom is -0.477 e. The van der Waals surface area contributed by atoms with E-state index >= 15 is 0 Å². The molecule has 0 amide bonds. The molecule has 1 fully saturated rings. The molecule has 2 heterocycles. The molecule has 4 nitrogen and oxygen atoms in total. The Morgan fingerprint density at radius 2 is 2.41 bits per heavy atom. The second-order valence-electron chi connectivity index (χ2n) is 4.78. The Morgan fingerprint density at radius 3 is 2.88 bits per heavy atom. The van der Waals surface area contributed by atoms with Crippen molar-refractivity contribution in [2.45, 2.75) is 45.1 Å². The number of aromatic nitrogens is 1. The van der Waals surface area contributed by atoms with E-state index < -0.39 is 5.97 Å². The molecule has 1 atom stereocenters. The lowest BCUT2D eigenvalue weighted by atomic mass is 10.1. The second-order valence-corrected chi connectivity index (χ2v) is 5.86. The third kappa shape index (κ3) is 2.84. The molecule has 1 saturated heterocycles. The van der Waals surface area contributed by atoms with Gasteiger partial charge in [-0.05, 0) is 25.3 Å². The van der Waals surface area contributed by atoms with Crippen molar-refractivity contribution in [3.63, 3.8) is 0 Å². The normalized spacial score (nSPS) is 20.1. The SMILES string of the molecule is CC(C)c1nc(CC2CCCN2)sc1C(=O)O. The van der Waals surface area contributed by atoms with E-state index in [-0.39, 0.29) is 5.92 Å². The molecule has 1 aliphatic rings. The first kappa shape index (κ1) is 12.5. The molecule has 1 aromatic rings. The predicted octanol–water partition coefficient (Wildman–Crippen LogP) is 2.26. The monoisotopic (exact) mass is 254 g/mol. The van der Waals surface area contributed by atoms with Crippen LogP contribution >= 0.6 is 11.3 Å². The lowest BCUT2D eigenvalue weighted by Gasteiger charge is -2.06. The van der Waals surface area contributed by atoms with Gasteiger partial charge in [-0.3, -0.25) is 0 Å². The fraction of sp³-hybridized carbons (Fsp3) is 0.667. The summed E-state index contributed by atoms with van der Waals surface area (Å²) in [6, 6.07) is 0.475. The first-order valence-electron chi connectivity index (χ1n) is 6.04. The molecule has 17 heavy (non-hydrogen) atoms. The minimum absolute atomic E-state index is 0.169. The average molecular weight is 254 g/mol. The number of aromatic carboxylic acids is 1. The fourth-order valence-electron chi connectivity index (χ4n) is 2.15. The Kier molecular flexibility index (Phi) is 3.79. The van der Waals surface area contributed by atoms with E-state index in [0.717, 1.165) is 23.7 Å². The quantitative estimate of drug-likeness (QED) is 0.865. The number of hydrogen-bond acceptors (Lipinski definition) is 4. The van der Waals surface area contributed by atoms with Crippen LogP contribution in [-0.2, 0) is 6.42 Å². The molecule has 5 heteroatoms. The van der Waals surface area contributed by atoms with Gasteiger partial charge in [0.2, 0.25) is 0 Å². The van der Waals surface area contributed by atoms with E-state index in [1.54, 1.807) is 0 Å². The molecule has 1 unspecified atom stereocenters. The van der Waals surface area contributed by atoms with Crippen LogP contribution in [0.3, 0.4) is 0 Å². The molecule has 0 bridgehead atoms. The maximum Gasteiger partial charge on any atom is 0.347 e. The van der Waals surface area contributed by atoms with Gasteiger partial charge in [0, 0.05) is 12.5 Å². The highest BCUT2D eigenvalue weighted by molar-refractivity contribution is 7.13. The molecule has 1 aromatic heterocycles. The third-order valence-corrected chi connectivity index (χ3v) is 4.10. The van der Waals surface area contributed by atoms with Crippen molar-refractivity contribution in [2.75, 3.05) is 6.54 Å². The summed E-state index contributed by atoms with van der Waals surface area (Å²) in [5, 5.41) is 13.5. The second kappa shape index (κ2) is 5.14. The van der Waals surface area contributed by atoms with Gasteiger partial charge in [-0.2, -0.15) is 0 Å². The number of nitrogens with one attached hydrogen (secondary N) is 1. The van der Waals surface area contributed by atoms with Gasteiger partial charge in [0.05, 0.1) is 10.7 Å². The molecule has 0 aliphatic carbocycles. The molecular formula is C12H18N2O2S. The molecule has 0 aromatic carbocycles. The van der Waals surface area contributed by atoms with E-state index in [1.807, 2.05) is 13.8 Å². The van der Waals surface area contributed by atoms with Crippen LogP contribution in [0.2, 0.25) is 0 Å². The van der Waals surface area contributed by atoms with Crippen molar-refractivity contribution < 1.29 is 9.90 Å². The number of carboxylic acids is 1. The summed E-state index contributed by atoms with van der Waals surface area (Å²) in [6.07, 6.45) is 3.23. The Balaban J connectivity index is 2.17. The molecule has 2 rings (SSSR count). The summed E-state index contributed by atoms with van der Waals surface area (Å²) in [4.78, 5) is 16.0. The van der Waals surface area contributed by atoms with E-state index in [4.69, 9.17) is 5.11 Å². The Bertz CT molecular complexity index is 409. The van der Waals surface area contributed by atoms with E-state index in [2.05, 4.69) is 10.3 Å². The number of hydrogen-bond donors (Lipinski definition) is 2. The van der Waals surface area contributed by atoms with Crippen LogP contribution in [0.15, 0.2) is 0 Å². The standard InChI is InChI=1S/C12H18N2O2S/c1-7(2)10-11(12(15)16)17-9(14-10)6-8-4-3-5-13-8/h7-8,13H,3-6H2,1-2H3,(H,15,16). The zero-order chi connectivity index (χ0) is 12.4. The molecule has 1 aliphatic heterocycles. The van der Waals surface area contributed by atoms with Crippen LogP contribution in [0.25, 0.3) is 0 Å². The Hall–Kier alpha value is -0.940. The fourth-order valence-corrected chi connectivity index (χ4v) is 3.29. The van der Waals surface area contributed by atoms with E-state index in [1.165, 1.54) is 24.2 Å². The molecule has 0 saturated carbocycles. The van der Waals surface area contributed by atoms with Gasteiger partial charge in [0.25, 0.3) is 0 Å². The number of carbonyl (C=O) groups is 1. The maximum atomic E-state index is 11.1. The van der Waals surface area contributed by atoms with Gasteiger partial charge in [-0.1, -0.05) is 13.8 Å². The van der Waals surface area contributed by atoms with Gasteiger partial charge in [0.1, 0.15) is 4.88 Å². The topological polar surface area (TPSA) is 62.2 Å². The van der Waals surface area contributed by atoms with Gasteiger partial charge in [-0.25, -0.2) is 9.78 Å². The number of thiazole rings is 1. The van der Waals surface area contributed by atoms with Gasteiger partial charge in [-0.15, -0.1) is 11.3 Å². The first-order chi connectivity index (χ1) is 8.08. The predicted molar refractivity (Wildman–Crippen MR) is 67.9 cm³/mol. The molecule has 94 valence electrons. The number of nitrogens with zero attached hydrogens (tertiary/aromatic N) is 1. The van der Waals surface area contributed by atoms with Crippen LogP contribution in [0, 0.1) is 0 Å². The van der Waals surface area contributed by atoms with Crippen molar-refractivity contribution in [2.24, 2.45) is 0 Å². The summed E-state index contributed by atoms with van der Waals surface area (Å²) in [5.41, 5.74) is 0.732.